The molecule has 50 heavy (non-hydrogen) atoms. The van der Waals surface area contributed by atoms with Crippen LogP contribution in [0, 0.1) is 5.92 Å². The predicted octanol–water partition coefficient (Wildman–Crippen LogP) is -1.85. The fourth-order valence-electron chi connectivity index (χ4n) is 4.56. The maximum absolute atomic E-state index is 13.2. The van der Waals surface area contributed by atoms with Gasteiger partial charge in [-0.25, -0.2) is 9.59 Å². The molecule has 0 aliphatic carbocycles. The molecule has 24 heteroatoms. The van der Waals surface area contributed by atoms with Crippen LogP contribution in [0.3, 0.4) is 0 Å². The standard InChI is InChI=1S/C26H30N10O11S3/c1-9(2)13(23(43)44)27-11(37)5-6-12(38)28-25-30-17(34-50-25)14(33-47-4)18(39)29-15-21(42)36-16(24(45)46)10(7-48-22(15)36)8-49-26-31-19(40)20(41)32-35(26)3/h9,13,15,22H,5-8H2,1-4H3,(H,27,37)(H,29,39)(H,32,41)(H,43,44)(H,45,46)(H,28,30,34,38)/b33-14-/t13-,15+,22+/m0/s1. The number of anilines is 1. The lowest BCUT2D eigenvalue weighted by Crippen LogP contribution is -2.71. The van der Waals surface area contributed by atoms with Crippen molar-refractivity contribution in [1.82, 2.24) is 39.7 Å². The fraction of sp³-hybridized carbons (Fsp3) is 0.462. The van der Waals surface area contributed by atoms with E-state index in [0.717, 1.165) is 23.8 Å². The smallest absolute Gasteiger partial charge is 0.352 e. The van der Waals surface area contributed by atoms with E-state index in [-0.39, 0.29) is 52.1 Å². The zero-order valence-electron chi connectivity index (χ0n) is 26.6. The van der Waals surface area contributed by atoms with Crippen molar-refractivity contribution in [3.63, 3.8) is 0 Å². The van der Waals surface area contributed by atoms with Crippen LogP contribution >= 0.6 is 35.1 Å². The topological polar surface area (TPSA) is 297 Å². The van der Waals surface area contributed by atoms with Gasteiger partial charge < -0.3 is 31.0 Å². The summed E-state index contributed by atoms with van der Waals surface area (Å²) in [7, 11) is 2.61. The number of aryl methyl sites for hydroxylation is 1. The molecule has 4 rings (SSSR count). The van der Waals surface area contributed by atoms with Gasteiger partial charge in [0.05, 0.1) is 0 Å². The number of amides is 4. The van der Waals surface area contributed by atoms with E-state index in [4.69, 9.17) is 4.84 Å². The SMILES string of the molecule is CO/N=C(\C(=O)N[C@@H]1C(=O)N2C(C(=O)O)=C(CSc3nc(=O)c(=O)[nH]n3C)CS[C@H]12)c1nsc(NC(=O)CCC(=O)N[C@H](C(=O)O)C(C)C)n1. The molecule has 2 aliphatic heterocycles. The highest BCUT2D eigenvalue weighted by Crippen LogP contribution is 2.41. The second-order valence-corrected chi connectivity index (χ2v) is 13.6. The maximum atomic E-state index is 13.2. The van der Waals surface area contributed by atoms with Crippen molar-refractivity contribution in [2.75, 3.05) is 23.9 Å². The molecule has 2 aromatic rings. The first kappa shape index (κ1) is 37.7. The van der Waals surface area contributed by atoms with Crippen molar-refractivity contribution in [2.45, 2.75) is 49.3 Å². The number of β-lactam (4-membered cyclic amide) rings is 1. The molecule has 0 spiro atoms. The number of hydrogen-bond acceptors (Lipinski definition) is 16. The lowest BCUT2D eigenvalue weighted by atomic mass is 10.0. The molecule has 6 N–H and O–H groups in total. The summed E-state index contributed by atoms with van der Waals surface area (Å²) in [5.74, 6) is -5.95. The molecule has 1 fully saturated rings. The number of rotatable bonds is 15. The third-order valence-electron chi connectivity index (χ3n) is 6.97. The zero-order chi connectivity index (χ0) is 36.9. The van der Waals surface area contributed by atoms with E-state index < -0.39 is 69.9 Å². The number of aromatic nitrogens is 5. The van der Waals surface area contributed by atoms with Crippen molar-refractivity contribution in [3.05, 3.63) is 37.8 Å². The molecule has 4 amide bonds. The van der Waals surface area contributed by atoms with Gasteiger partial charge in [0, 0.05) is 42.9 Å². The van der Waals surface area contributed by atoms with Gasteiger partial charge in [-0.1, -0.05) is 30.8 Å². The molecular weight excluding hydrogens is 725 g/mol. The number of aromatic amines is 1. The molecule has 1 saturated heterocycles. The molecule has 0 bridgehead atoms. The van der Waals surface area contributed by atoms with Crippen LogP contribution in [0.25, 0.3) is 0 Å². The Morgan fingerprint density at radius 2 is 1.82 bits per heavy atom. The molecule has 3 atom stereocenters. The third-order valence-corrected chi connectivity index (χ3v) is 10.1. The normalized spacial score (nSPS) is 17.8. The van der Waals surface area contributed by atoms with Gasteiger partial charge in [0.1, 0.15) is 30.3 Å². The number of carbonyl (C=O) groups is 6. The van der Waals surface area contributed by atoms with Gasteiger partial charge in [0.15, 0.2) is 5.16 Å². The number of thioether (sulfide) groups is 2. The third kappa shape index (κ3) is 8.54. The van der Waals surface area contributed by atoms with Gasteiger partial charge in [0.2, 0.25) is 28.5 Å². The Hall–Kier alpha value is -5.10. The van der Waals surface area contributed by atoms with Crippen molar-refractivity contribution in [2.24, 2.45) is 18.1 Å². The lowest BCUT2D eigenvalue weighted by molar-refractivity contribution is -0.150. The number of aliphatic carboxylic acids is 2. The van der Waals surface area contributed by atoms with Crippen LogP contribution in [0.5, 0.6) is 0 Å². The summed E-state index contributed by atoms with van der Waals surface area (Å²) < 4.78 is 5.23. The minimum absolute atomic E-state index is 0.0318. The molecule has 21 nitrogen and oxygen atoms in total. The summed E-state index contributed by atoms with van der Waals surface area (Å²) >= 11 is 2.87. The average molecular weight is 755 g/mol. The largest absolute Gasteiger partial charge is 0.480 e. The Morgan fingerprint density at radius 1 is 1.12 bits per heavy atom. The second kappa shape index (κ2) is 16.1. The molecule has 2 aliphatic rings. The van der Waals surface area contributed by atoms with E-state index in [9.17, 15) is 48.6 Å². The highest BCUT2D eigenvalue weighted by atomic mass is 32.2. The van der Waals surface area contributed by atoms with E-state index in [1.165, 1.54) is 23.5 Å². The van der Waals surface area contributed by atoms with Crippen molar-refractivity contribution in [1.29, 1.82) is 0 Å². The first-order valence-corrected chi connectivity index (χ1v) is 17.2. The Morgan fingerprint density at radius 3 is 2.46 bits per heavy atom. The van der Waals surface area contributed by atoms with Gasteiger partial charge in [-0.2, -0.15) is 14.3 Å². The first-order valence-electron chi connectivity index (χ1n) is 14.4. The van der Waals surface area contributed by atoms with Crippen molar-refractivity contribution >= 4 is 81.5 Å². The number of hydrogen-bond donors (Lipinski definition) is 6. The lowest BCUT2D eigenvalue weighted by Gasteiger charge is -2.49. The van der Waals surface area contributed by atoms with E-state index >= 15 is 0 Å². The summed E-state index contributed by atoms with van der Waals surface area (Å²) in [5.41, 5.74) is -2.30. The van der Waals surface area contributed by atoms with Crippen LogP contribution in [0.1, 0.15) is 32.5 Å². The summed E-state index contributed by atoms with van der Waals surface area (Å²) in [6.45, 7) is 3.25. The Labute approximate surface area is 293 Å². The second-order valence-electron chi connectivity index (χ2n) is 10.8. The highest BCUT2D eigenvalue weighted by Gasteiger charge is 2.54. The number of oxime groups is 1. The fourth-order valence-corrected chi connectivity index (χ4v) is 7.55. The van der Waals surface area contributed by atoms with E-state index in [1.54, 1.807) is 13.8 Å². The Kier molecular flexibility index (Phi) is 12.1. The van der Waals surface area contributed by atoms with Gasteiger partial charge in [-0.3, -0.25) is 43.4 Å². The number of nitrogens with zero attached hydrogens (tertiary/aromatic N) is 6. The molecule has 0 radical (unpaired) electrons. The Balaban J connectivity index is 1.38. The monoisotopic (exact) mass is 754 g/mol. The first-order chi connectivity index (χ1) is 23.6. The number of carboxylic acid groups (broad SMARTS) is 2. The Bertz CT molecular complexity index is 1900. The number of H-pyrrole nitrogens is 1. The van der Waals surface area contributed by atoms with Crippen LogP contribution < -0.4 is 27.1 Å². The van der Waals surface area contributed by atoms with Gasteiger partial charge in [0.25, 0.3) is 11.8 Å². The van der Waals surface area contributed by atoms with Crippen LogP contribution in [0.4, 0.5) is 5.13 Å². The molecule has 2 aromatic heterocycles. The minimum Gasteiger partial charge on any atom is -0.480 e. The van der Waals surface area contributed by atoms with E-state index in [2.05, 4.69) is 40.5 Å². The number of fused-ring (bicyclic) bond motifs is 1. The molecule has 4 heterocycles. The molecule has 0 unspecified atom stereocenters. The molecule has 0 aromatic carbocycles. The van der Waals surface area contributed by atoms with Crippen molar-refractivity contribution < 1.29 is 43.8 Å². The minimum atomic E-state index is -1.38. The number of carboxylic acids is 2. The quantitative estimate of drug-likeness (QED) is 0.0382. The van der Waals surface area contributed by atoms with Gasteiger partial charge >= 0.3 is 23.1 Å². The van der Waals surface area contributed by atoms with Crippen molar-refractivity contribution in [3.8, 4) is 0 Å². The summed E-state index contributed by atoms with van der Waals surface area (Å²) in [5, 5.41) is 31.7. The van der Waals surface area contributed by atoms with Crippen LogP contribution in [0.15, 0.2) is 31.2 Å². The molecule has 0 saturated carbocycles. The highest BCUT2D eigenvalue weighted by molar-refractivity contribution is 8.01. The zero-order valence-corrected chi connectivity index (χ0v) is 29.1. The maximum Gasteiger partial charge on any atom is 0.352 e. The van der Waals surface area contributed by atoms with Crippen LogP contribution in [0.2, 0.25) is 0 Å². The number of carbonyl (C=O) groups excluding carboxylic acids is 4. The van der Waals surface area contributed by atoms with E-state index in [1.807, 2.05) is 0 Å². The number of nitrogens with one attached hydrogen (secondary N) is 4. The van der Waals surface area contributed by atoms with Gasteiger partial charge in [-0.05, 0) is 11.5 Å². The summed E-state index contributed by atoms with van der Waals surface area (Å²) in [4.78, 5) is 111. The summed E-state index contributed by atoms with van der Waals surface area (Å²) in [6, 6.07) is -2.26. The molecule has 268 valence electrons. The van der Waals surface area contributed by atoms with Gasteiger partial charge in [-0.15, -0.1) is 11.8 Å². The van der Waals surface area contributed by atoms with E-state index in [0.29, 0.717) is 17.1 Å². The van der Waals surface area contributed by atoms with Crippen LogP contribution in [-0.2, 0) is 40.7 Å². The molecular formula is C26H30N10O11S3. The van der Waals surface area contributed by atoms with Crippen LogP contribution in [-0.4, -0.2) is 117 Å². The summed E-state index contributed by atoms with van der Waals surface area (Å²) in [6.07, 6.45) is -0.605. The average Bonchev–Trinajstić information content (AvgIpc) is 3.51. The predicted molar refractivity (Wildman–Crippen MR) is 176 cm³/mol.